The van der Waals surface area contributed by atoms with Crippen molar-refractivity contribution in [2.24, 2.45) is 5.92 Å². The molecule has 2 rings (SSSR count). The number of ether oxygens (including phenoxy) is 2. The lowest BCUT2D eigenvalue weighted by Crippen LogP contribution is -2.40. The van der Waals surface area contributed by atoms with E-state index in [4.69, 9.17) is 9.47 Å². The van der Waals surface area contributed by atoms with Gasteiger partial charge in [0, 0.05) is 13.1 Å². The Morgan fingerprint density at radius 2 is 2.22 bits per heavy atom. The third kappa shape index (κ3) is 3.32. The molecule has 0 aromatic heterocycles. The van der Waals surface area contributed by atoms with Crippen molar-refractivity contribution in [3.05, 3.63) is 11.6 Å². The lowest BCUT2D eigenvalue weighted by molar-refractivity contribution is -0.0784. The van der Waals surface area contributed by atoms with Crippen LogP contribution >= 0.6 is 0 Å². The Hall–Kier alpha value is -0.430. The maximum Gasteiger partial charge on any atom is 0.217 e. The average molecular weight is 275 g/mol. The van der Waals surface area contributed by atoms with E-state index in [0.717, 1.165) is 0 Å². The zero-order valence-corrected chi connectivity index (χ0v) is 11.8. The molecular weight excluding hydrogens is 254 g/mol. The Kier molecular flexibility index (Phi) is 4.42. The third-order valence-electron chi connectivity index (χ3n) is 3.33. The molecule has 2 aliphatic rings. The van der Waals surface area contributed by atoms with Crippen LogP contribution in [0.2, 0.25) is 0 Å². The molecule has 1 atom stereocenters. The van der Waals surface area contributed by atoms with E-state index in [2.05, 4.69) is 13.8 Å². The van der Waals surface area contributed by atoms with E-state index < -0.39 is 10.0 Å². The summed E-state index contributed by atoms with van der Waals surface area (Å²) in [7, 11) is -3.25. The molecule has 1 unspecified atom stereocenters. The smallest absolute Gasteiger partial charge is 0.217 e. The highest BCUT2D eigenvalue weighted by atomic mass is 32.2. The molecule has 1 fully saturated rings. The van der Waals surface area contributed by atoms with Gasteiger partial charge in [-0.25, -0.2) is 8.42 Å². The van der Waals surface area contributed by atoms with Gasteiger partial charge in [-0.15, -0.1) is 0 Å². The minimum absolute atomic E-state index is 0.0201. The van der Waals surface area contributed by atoms with E-state index in [1.165, 1.54) is 9.88 Å². The van der Waals surface area contributed by atoms with Crippen molar-refractivity contribution in [3.63, 3.8) is 0 Å². The fourth-order valence-corrected chi connectivity index (χ4v) is 3.68. The lowest BCUT2D eigenvalue weighted by Gasteiger charge is -2.25. The largest absolute Gasteiger partial charge is 0.376 e. The molecule has 104 valence electrons. The standard InChI is InChI=1S/C12H21NO4S/c1-10(2)11-3-4-13(7-11)18(14,15)9-12-8-16-5-6-17-12/h3,10,12H,4-9H2,1-2H3. The van der Waals surface area contributed by atoms with E-state index in [-0.39, 0.29) is 11.9 Å². The Morgan fingerprint density at radius 3 is 2.78 bits per heavy atom. The van der Waals surface area contributed by atoms with Gasteiger partial charge in [0.05, 0.1) is 31.7 Å². The first-order valence-electron chi connectivity index (χ1n) is 6.35. The molecule has 1 saturated heterocycles. The third-order valence-corrected chi connectivity index (χ3v) is 5.19. The summed E-state index contributed by atoms with van der Waals surface area (Å²) in [5, 5.41) is 0. The molecule has 0 bridgehead atoms. The summed E-state index contributed by atoms with van der Waals surface area (Å²) in [6, 6.07) is 0. The van der Waals surface area contributed by atoms with Gasteiger partial charge in [-0.2, -0.15) is 4.31 Å². The summed E-state index contributed by atoms with van der Waals surface area (Å²) in [5.74, 6) is 0.422. The average Bonchev–Trinajstić information content (AvgIpc) is 2.79. The van der Waals surface area contributed by atoms with Crippen LogP contribution in [0, 0.1) is 5.92 Å². The van der Waals surface area contributed by atoms with Crippen LogP contribution < -0.4 is 0 Å². The topological polar surface area (TPSA) is 55.8 Å². The van der Waals surface area contributed by atoms with Crippen LogP contribution in [0.5, 0.6) is 0 Å². The Morgan fingerprint density at radius 1 is 1.44 bits per heavy atom. The van der Waals surface area contributed by atoms with Crippen molar-refractivity contribution in [2.75, 3.05) is 38.7 Å². The van der Waals surface area contributed by atoms with Crippen molar-refractivity contribution in [1.82, 2.24) is 4.31 Å². The van der Waals surface area contributed by atoms with E-state index >= 15 is 0 Å². The molecule has 0 N–H and O–H groups in total. The SMILES string of the molecule is CC(C)C1=CCN(S(=O)(=O)CC2COCCO2)C1. The molecule has 0 aliphatic carbocycles. The maximum atomic E-state index is 12.2. The van der Waals surface area contributed by atoms with Crippen molar-refractivity contribution >= 4 is 10.0 Å². The van der Waals surface area contributed by atoms with E-state index in [9.17, 15) is 8.42 Å². The molecule has 0 spiro atoms. The van der Waals surface area contributed by atoms with E-state index in [1.807, 2.05) is 6.08 Å². The second-order valence-electron chi connectivity index (χ2n) is 5.07. The van der Waals surface area contributed by atoms with Crippen LogP contribution in [0.1, 0.15) is 13.8 Å². The number of nitrogens with zero attached hydrogens (tertiary/aromatic N) is 1. The summed E-state index contributed by atoms with van der Waals surface area (Å²) < 4.78 is 36.6. The van der Waals surface area contributed by atoms with E-state index in [0.29, 0.717) is 38.8 Å². The molecule has 2 aliphatic heterocycles. The van der Waals surface area contributed by atoms with Gasteiger partial charge in [0.1, 0.15) is 0 Å². The zero-order valence-electron chi connectivity index (χ0n) is 11.0. The predicted octanol–water partition coefficient (Wildman–Crippen LogP) is 0.630. The Labute approximate surface area is 109 Å². The van der Waals surface area contributed by atoms with Gasteiger partial charge < -0.3 is 9.47 Å². The fourth-order valence-electron chi connectivity index (χ4n) is 2.16. The highest BCUT2D eigenvalue weighted by molar-refractivity contribution is 7.89. The Bertz CT molecular complexity index is 410. The summed E-state index contributed by atoms with van der Waals surface area (Å²) in [5.41, 5.74) is 1.19. The van der Waals surface area contributed by atoms with Gasteiger partial charge in [0.15, 0.2) is 0 Å². The first kappa shape index (κ1) is 14.0. The summed E-state index contributed by atoms with van der Waals surface area (Å²) in [6.45, 7) is 6.59. The number of hydrogen-bond donors (Lipinski definition) is 0. The molecule has 2 heterocycles. The maximum absolute atomic E-state index is 12.2. The van der Waals surface area contributed by atoms with Crippen LogP contribution in [-0.2, 0) is 19.5 Å². The molecule has 18 heavy (non-hydrogen) atoms. The van der Waals surface area contributed by atoms with E-state index in [1.54, 1.807) is 0 Å². The van der Waals surface area contributed by atoms with Crippen molar-refractivity contribution in [3.8, 4) is 0 Å². The van der Waals surface area contributed by atoms with Crippen molar-refractivity contribution in [1.29, 1.82) is 0 Å². The number of rotatable bonds is 4. The van der Waals surface area contributed by atoms with Crippen LogP contribution in [0.15, 0.2) is 11.6 Å². The molecule has 0 radical (unpaired) electrons. The molecule has 0 aromatic carbocycles. The molecule has 0 saturated carbocycles. The molecule has 0 amide bonds. The number of hydrogen-bond acceptors (Lipinski definition) is 4. The zero-order chi connectivity index (χ0) is 13.2. The van der Waals surface area contributed by atoms with Crippen LogP contribution in [0.25, 0.3) is 0 Å². The van der Waals surface area contributed by atoms with Gasteiger partial charge in [-0.05, 0) is 5.92 Å². The summed E-state index contributed by atoms with van der Waals surface area (Å²) >= 11 is 0. The van der Waals surface area contributed by atoms with Crippen molar-refractivity contribution in [2.45, 2.75) is 20.0 Å². The second-order valence-corrected chi connectivity index (χ2v) is 7.09. The quantitative estimate of drug-likeness (QED) is 0.706. The lowest BCUT2D eigenvalue weighted by atomic mass is 10.1. The first-order valence-corrected chi connectivity index (χ1v) is 7.96. The predicted molar refractivity (Wildman–Crippen MR) is 68.8 cm³/mol. The molecule has 0 aromatic rings. The Balaban J connectivity index is 1.92. The summed E-state index contributed by atoms with van der Waals surface area (Å²) in [6.07, 6.45) is 1.69. The van der Waals surface area contributed by atoms with Gasteiger partial charge in [-0.3, -0.25) is 0 Å². The van der Waals surface area contributed by atoms with Gasteiger partial charge in [0.25, 0.3) is 0 Å². The second kappa shape index (κ2) is 5.69. The van der Waals surface area contributed by atoms with Gasteiger partial charge in [0.2, 0.25) is 10.0 Å². The fraction of sp³-hybridized carbons (Fsp3) is 0.833. The van der Waals surface area contributed by atoms with Crippen LogP contribution in [-0.4, -0.2) is 57.5 Å². The monoisotopic (exact) mass is 275 g/mol. The summed E-state index contributed by atoms with van der Waals surface area (Å²) in [4.78, 5) is 0. The van der Waals surface area contributed by atoms with Gasteiger partial charge >= 0.3 is 0 Å². The van der Waals surface area contributed by atoms with Crippen molar-refractivity contribution < 1.29 is 17.9 Å². The van der Waals surface area contributed by atoms with Crippen LogP contribution in [0.4, 0.5) is 0 Å². The van der Waals surface area contributed by atoms with Gasteiger partial charge in [-0.1, -0.05) is 25.5 Å². The van der Waals surface area contributed by atoms with Crippen LogP contribution in [0.3, 0.4) is 0 Å². The normalized spacial score (nSPS) is 26.6. The minimum atomic E-state index is -3.25. The highest BCUT2D eigenvalue weighted by Crippen LogP contribution is 2.21. The first-order chi connectivity index (χ1) is 8.49. The number of sulfonamides is 1. The molecular formula is C12H21NO4S. The molecule has 5 nitrogen and oxygen atoms in total. The highest BCUT2D eigenvalue weighted by Gasteiger charge is 2.31. The minimum Gasteiger partial charge on any atom is -0.376 e. The molecule has 6 heteroatoms.